The number of hydrogen-bond acceptors (Lipinski definition) is 4. The largest absolute Gasteiger partial charge is 0.383 e. The monoisotopic (exact) mass is 254 g/mol. The molecule has 1 fully saturated rings. The SMILES string of the molecule is COCCN(Cc1cccs1)CC1CCCN1. The molecule has 0 amide bonds. The molecule has 17 heavy (non-hydrogen) atoms. The zero-order valence-electron chi connectivity index (χ0n) is 10.5. The fraction of sp³-hybridized carbons (Fsp3) is 0.692. The molecule has 0 aromatic carbocycles. The van der Waals surface area contributed by atoms with Gasteiger partial charge in [-0.05, 0) is 30.8 Å². The zero-order valence-corrected chi connectivity index (χ0v) is 11.3. The van der Waals surface area contributed by atoms with Crippen LogP contribution in [0.3, 0.4) is 0 Å². The number of rotatable bonds is 7. The van der Waals surface area contributed by atoms with E-state index in [4.69, 9.17) is 4.74 Å². The topological polar surface area (TPSA) is 24.5 Å². The van der Waals surface area contributed by atoms with E-state index in [0.29, 0.717) is 6.04 Å². The molecule has 4 heteroatoms. The highest BCUT2D eigenvalue weighted by Gasteiger charge is 2.18. The van der Waals surface area contributed by atoms with Crippen molar-refractivity contribution >= 4 is 11.3 Å². The Labute approximate surface area is 108 Å². The summed E-state index contributed by atoms with van der Waals surface area (Å²) in [5, 5.41) is 5.71. The van der Waals surface area contributed by atoms with Crippen molar-refractivity contribution < 1.29 is 4.74 Å². The van der Waals surface area contributed by atoms with E-state index in [1.807, 2.05) is 11.3 Å². The molecule has 0 aliphatic carbocycles. The summed E-state index contributed by atoms with van der Waals surface area (Å²) in [6.07, 6.45) is 2.63. The number of nitrogens with zero attached hydrogens (tertiary/aromatic N) is 1. The molecule has 1 atom stereocenters. The Bertz CT molecular complexity index is 296. The van der Waals surface area contributed by atoms with Gasteiger partial charge in [0.25, 0.3) is 0 Å². The molecule has 2 rings (SSSR count). The van der Waals surface area contributed by atoms with Gasteiger partial charge in [-0.25, -0.2) is 0 Å². The number of thiophene rings is 1. The van der Waals surface area contributed by atoms with Crippen molar-refractivity contribution in [3.8, 4) is 0 Å². The van der Waals surface area contributed by atoms with Gasteiger partial charge >= 0.3 is 0 Å². The van der Waals surface area contributed by atoms with Gasteiger partial charge in [0, 0.05) is 37.7 Å². The Hall–Kier alpha value is -0.420. The van der Waals surface area contributed by atoms with Crippen molar-refractivity contribution in [2.24, 2.45) is 0 Å². The first-order valence-electron chi connectivity index (χ1n) is 6.35. The highest BCUT2D eigenvalue weighted by Crippen LogP contribution is 2.14. The van der Waals surface area contributed by atoms with Gasteiger partial charge in [-0.3, -0.25) is 4.90 Å². The van der Waals surface area contributed by atoms with E-state index in [0.717, 1.165) is 26.2 Å². The van der Waals surface area contributed by atoms with Crippen molar-refractivity contribution in [2.75, 3.05) is 33.4 Å². The summed E-state index contributed by atoms with van der Waals surface area (Å²) in [5.74, 6) is 0. The third-order valence-electron chi connectivity index (χ3n) is 3.21. The van der Waals surface area contributed by atoms with Crippen molar-refractivity contribution in [3.63, 3.8) is 0 Å². The van der Waals surface area contributed by atoms with Gasteiger partial charge in [0.05, 0.1) is 6.61 Å². The predicted molar refractivity (Wildman–Crippen MR) is 72.5 cm³/mol. The predicted octanol–water partition coefficient (Wildman–Crippen LogP) is 1.95. The number of hydrogen-bond donors (Lipinski definition) is 1. The Kier molecular flexibility index (Phi) is 5.45. The molecule has 1 aliphatic heterocycles. The highest BCUT2D eigenvalue weighted by molar-refractivity contribution is 7.09. The van der Waals surface area contributed by atoms with Gasteiger partial charge in [-0.2, -0.15) is 0 Å². The van der Waals surface area contributed by atoms with E-state index in [1.165, 1.54) is 24.3 Å². The third kappa shape index (κ3) is 4.39. The number of nitrogens with one attached hydrogen (secondary N) is 1. The van der Waals surface area contributed by atoms with E-state index < -0.39 is 0 Å². The average molecular weight is 254 g/mol. The maximum absolute atomic E-state index is 5.20. The fourth-order valence-electron chi connectivity index (χ4n) is 2.30. The Morgan fingerprint density at radius 2 is 2.53 bits per heavy atom. The van der Waals surface area contributed by atoms with Gasteiger partial charge in [-0.1, -0.05) is 6.07 Å². The Morgan fingerprint density at radius 3 is 3.18 bits per heavy atom. The second-order valence-corrected chi connectivity index (χ2v) is 5.63. The molecule has 0 radical (unpaired) electrons. The molecule has 1 N–H and O–H groups in total. The van der Waals surface area contributed by atoms with E-state index in [-0.39, 0.29) is 0 Å². The Morgan fingerprint density at radius 1 is 1.59 bits per heavy atom. The summed E-state index contributed by atoms with van der Waals surface area (Å²) in [4.78, 5) is 3.94. The van der Waals surface area contributed by atoms with Crippen LogP contribution < -0.4 is 5.32 Å². The van der Waals surface area contributed by atoms with Gasteiger partial charge in [0.1, 0.15) is 0 Å². The van der Waals surface area contributed by atoms with Gasteiger partial charge in [-0.15, -0.1) is 11.3 Å². The van der Waals surface area contributed by atoms with Crippen molar-refractivity contribution in [1.29, 1.82) is 0 Å². The van der Waals surface area contributed by atoms with Gasteiger partial charge < -0.3 is 10.1 Å². The van der Waals surface area contributed by atoms with Crippen LogP contribution in [0.15, 0.2) is 17.5 Å². The molecule has 1 aromatic rings. The standard InChI is InChI=1S/C13H22N2OS/c1-16-8-7-15(10-12-4-2-6-14-12)11-13-5-3-9-17-13/h3,5,9,12,14H,2,4,6-8,10-11H2,1H3. The lowest BCUT2D eigenvalue weighted by atomic mass is 10.2. The normalized spacial score (nSPS) is 20.2. The average Bonchev–Trinajstić information content (AvgIpc) is 2.99. The van der Waals surface area contributed by atoms with E-state index in [9.17, 15) is 0 Å². The van der Waals surface area contributed by atoms with Crippen LogP contribution in [0.25, 0.3) is 0 Å². The first-order valence-corrected chi connectivity index (χ1v) is 7.23. The molecule has 1 aromatic heterocycles. The van der Waals surface area contributed by atoms with Crippen molar-refractivity contribution in [1.82, 2.24) is 10.2 Å². The van der Waals surface area contributed by atoms with Crippen LogP contribution in [-0.4, -0.2) is 44.3 Å². The molecule has 2 heterocycles. The van der Waals surface area contributed by atoms with Crippen molar-refractivity contribution in [2.45, 2.75) is 25.4 Å². The van der Waals surface area contributed by atoms with Crippen LogP contribution in [0.4, 0.5) is 0 Å². The summed E-state index contributed by atoms with van der Waals surface area (Å²) < 4.78 is 5.20. The summed E-state index contributed by atoms with van der Waals surface area (Å²) in [6.45, 7) is 5.22. The molecule has 0 saturated carbocycles. The number of methoxy groups -OCH3 is 1. The molecule has 0 spiro atoms. The van der Waals surface area contributed by atoms with E-state index in [2.05, 4.69) is 27.7 Å². The summed E-state index contributed by atoms with van der Waals surface area (Å²) in [6, 6.07) is 5.02. The molecular formula is C13H22N2OS. The van der Waals surface area contributed by atoms with Crippen molar-refractivity contribution in [3.05, 3.63) is 22.4 Å². The fourth-order valence-corrected chi connectivity index (χ4v) is 3.05. The first-order chi connectivity index (χ1) is 8.38. The van der Waals surface area contributed by atoms with Crippen LogP contribution in [0.1, 0.15) is 17.7 Å². The quantitative estimate of drug-likeness (QED) is 0.805. The molecule has 1 aliphatic rings. The second-order valence-electron chi connectivity index (χ2n) is 4.60. The lowest BCUT2D eigenvalue weighted by Crippen LogP contribution is -2.38. The van der Waals surface area contributed by atoms with Crippen LogP contribution in [0, 0.1) is 0 Å². The molecule has 1 saturated heterocycles. The second kappa shape index (κ2) is 7.11. The Balaban J connectivity index is 1.83. The lowest BCUT2D eigenvalue weighted by molar-refractivity contribution is 0.139. The third-order valence-corrected chi connectivity index (χ3v) is 4.07. The van der Waals surface area contributed by atoms with Gasteiger partial charge in [0.2, 0.25) is 0 Å². The zero-order chi connectivity index (χ0) is 11.9. The van der Waals surface area contributed by atoms with Crippen LogP contribution in [-0.2, 0) is 11.3 Å². The molecule has 1 unspecified atom stereocenters. The van der Waals surface area contributed by atoms with E-state index >= 15 is 0 Å². The van der Waals surface area contributed by atoms with E-state index in [1.54, 1.807) is 7.11 Å². The highest BCUT2D eigenvalue weighted by atomic mass is 32.1. The summed E-state index contributed by atoms with van der Waals surface area (Å²) in [7, 11) is 1.77. The minimum atomic E-state index is 0.673. The van der Waals surface area contributed by atoms with Crippen LogP contribution >= 0.6 is 11.3 Å². The minimum absolute atomic E-state index is 0.673. The maximum atomic E-state index is 5.20. The number of ether oxygens (including phenoxy) is 1. The van der Waals surface area contributed by atoms with Gasteiger partial charge in [0.15, 0.2) is 0 Å². The first kappa shape index (κ1) is 13.0. The molecule has 0 bridgehead atoms. The summed E-state index contributed by atoms with van der Waals surface area (Å²) >= 11 is 1.84. The summed E-state index contributed by atoms with van der Waals surface area (Å²) in [5.41, 5.74) is 0. The van der Waals surface area contributed by atoms with Crippen LogP contribution in [0.5, 0.6) is 0 Å². The minimum Gasteiger partial charge on any atom is -0.383 e. The smallest absolute Gasteiger partial charge is 0.0589 e. The molecule has 3 nitrogen and oxygen atoms in total. The maximum Gasteiger partial charge on any atom is 0.0589 e. The lowest BCUT2D eigenvalue weighted by Gasteiger charge is -2.24. The molecule has 96 valence electrons. The van der Waals surface area contributed by atoms with Crippen LogP contribution in [0.2, 0.25) is 0 Å². The molecular weight excluding hydrogens is 232 g/mol.